The van der Waals surface area contributed by atoms with Crippen molar-refractivity contribution in [3.8, 4) is 0 Å². The molecule has 5 aliphatic rings. The molecule has 0 unspecified atom stereocenters. The van der Waals surface area contributed by atoms with E-state index >= 15 is 0 Å². The number of fused-ring (bicyclic) bond motifs is 7. The van der Waals surface area contributed by atoms with Crippen LogP contribution in [0.4, 0.5) is 0 Å². The summed E-state index contributed by atoms with van der Waals surface area (Å²) in [5.41, 5.74) is -0.998. The number of allylic oxidation sites excluding steroid dienone is 3. The molecule has 5 rings (SSSR count). The van der Waals surface area contributed by atoms with Crippen LogP contribution < -0.4 is 10.6 Å². The molecular weight excluding hydrogens is 492 g/mol. The van der Waals surface area contributed by atoms with Crippen molar-refractivity contribution < 1.29 is 24.6 Å². The monoisotopic (exact) mass is 530 g/mol. The summed E-state index contributed by atoms with van der Waals surface area (Å²) in [6.45, 7) is 2.54. The number of nitrogens with one attached hydrogen (secondary N) is 2. The Labute approximate surface area is 223 Å². The maximum absolute atomic E-state index is 12.8. The second kappa shape index (κ2) is 10.6. The topological polar surface area (TPSA) is 116 Å². The minimum Gasteiger partial charge on any atom is -0.507 e. The molecule has 0 aromatic heterocycles. The van der Waals surface area contributed by atoms with Crippen molar-refractivity contribution in [3.63, 3.8) is 0 Å². The maximum atomic E-state index is 12.8. The van der Waals surface area contributed by atoms with Crippen LogP contribution in [0.25, 0.3) is 0 Å². The van der Waals surface area contributed by atoms with E-state index in [0.717, 1.165) is 38.5 Å². The first-order valence-electron chi connectivity index (χ1n) is 14.0. The van der Waals surface area contributed by atoms with Gasteiger partial charge in [0.2, 0.25) is 5.91 Å². The Hall–Kier alpha value is -2.12. The lowest BCUT2D eigenvalue weighted by Gasteiger charge is -2.44. The lowest BCUT2D eigenvalue weighted by Crippen LogP contribution is -2.47. The number of aliphatic hydroxyl groups is 2. The molecule has 8 heteroatoms. The fourth-order valence-electron chi connectivity index (χ4n) is 8.49. The molecule has 2 heterocycles. The largest absolute Gasteiger partial charge is 0.507 e. The molecule has 37 heavy (non-hydrogen) atoms. The smallest absolute Gasteiger partial charge is 0.259 e. The number of hydrogen-bond acceptors (Lipinski definition) is 5. The number of aliphatic hydroxyl groups excluding tert-OH is 1. The van der Waals surface area contributed by atoms with Crippen LogP contribution in [0.2, 0.25) is 0 Å². The highest BCUT2D eigenvalue weighted by Crippen LogP contribution is 2.64. The molecule has 0 aromatic rings. The van der Waals surface area contributed by atoms with E-state index in [1.165, 1.54) is 6.08 Å². The van der Waals surface area contributed by atoms with E-state index in [-0.39, 0.29) is 52.6 Å². The zero-order valence-corrected chi connectivity index (χ0v) is 22.3. The van der Waals surface area contributed by atoms with Gasteiger partial charge in [-0.15, -0.1) is 11.6 Å². The molecule has 0 spiro atoms. The van der Waals surface area contributed by atoms with E-state index in [2.05, 4.69) is 17.6 Å². The number of alkyl halides is 1. The van der Waals surface area contributed by atoms with Crippen molar-refractivity contribution in [2.24, 2.45) is 41.4 Å². The highest BCUT2D eigenvalue weighted by atomic mass is 35.5. The second-order valence-corrected chi connectivity index (χ2v) is 12.1. The van der Waals surface area contributed by atoms with Gasteiger partial charge >= 0.3 is 0 Å². The fourth-order valence-corrected chi connectivity index (χ4v) is 8.89. The van der Waals surface area contributed by atoms with Crippen molar-refractivity contribution >= 4 is 29.2 Å². The summed E-state index contributed by atoms with van der Waals surface area (Å²) in [5, 5.41) is 28.0. The van der Waals surface area contributed by atoms with Crippen LogP contribution in [0.1, 0.15) is 58.3 Å². The number of amides is 2. The molecule has 9 atom stereocenters. The van der Waals surface area contributed by atoms with Gasteiger partial charge in [0, 0.05) is 6.54 Å². The number of hydrogen-bond donors (Lipinski definition) is 4. The SMILES string of the molecule is CC[C@H]1C[C@H]2C[C@@H]3[C@H](CC[C@@H]4C=CC(O)=C5C(=O)N[C@@H](CCCNC(=O)C=CC[C@@H]34)C5=O)[C@H]2[C@]1(O)CCl. The van der Waals surface area contributed by atoms with Crippen LogP contribution in [-0.4, -0.2) is 51.9 Å². The lowest BCUT2D eigenvalue weighted by molar-refractivity contribution is -0.118. The number of carbonyl (C=O) groups excluding carboxylic acids is 3. The zero-order chi connectivity index (χ0) is 26.3. The van der Waals surface area contributed by atoms with Crippen molar-refractivity contribution in [2.75, 3.05) is 12.4 Å². The third kappa shape index (κ3) is 4.67. The molecule has 0 radical (unpaired) electrons. The standard InChI is InChI=1S/C29H39ClN2O5/c1-2-18-13-17-14-21-19-5-3-7-24(34)31-12-4-6-22-27(35)25(28(36)32-22)23(33)11-9-16(19)8-10-20(21)26(17)29(18,37)15-30/h3,7,9,11,16-22,26,33,37H,2,4-6,8,10,12-15H2,1H3,(H,31,34)(H,32,36)/t16-,17+,18+,19-,20+,21+,22+,26+,29+/m1/s1. The van der Waals surface area contributed by atoms with Gasteiger partial charge in [0.25, 0.3) is 5.91 Å². The Kier molecular flexibility index (Phi) is 7.56. The highest BCUT2D eigenvalue weighted by molar-refractivity contribution is 6.27. The average Bonchev–Trinajstić information content (AvgIpc) is 3.48. The van der Waals surface area contributed by atoms with E-state index in [1.54, 1.807) is 6.08 Å². The Morgan fingerprint density at radius 3 is 2.65 bits per heavy atom. The summed E-state index contributed by atoms with van der Waals surface area (Å²) in [6.07, 6.45) is 13.5. The molecule has 2 amide bonds. The number of Topliss-reactive ketones (excluding diaryl/α,β-unsaturated/α-hetero) is 1. The number of halogens is 1. The van der Waals surface area contributed by atoms with Crippen LogP contribution in [0.15, 0.2) is 35.6 Å². The number of rotatable bonds is 2. The minimum atomic E-state index is -0.827. The molecule has 4 N–H and O–H groups in total. The first kappa shape index (κ1) is 26.5. The summed E-state index contributed by atoms with van der Waals surface area (Å²) < 4.78 is 0. The van der Waals surface area contributed by atoms with Crippen LogP contribution in [-0.2, 0) is 14.4 Å². The van der Waals surface area contributed by atoms with Gasteiger partial charge in [-0.3, -0.25) is 14.4 Å². The predicted molar refractivity (Wildman–Crippen MR) is 141 cm³/mol. The maximum Gasteiger partial charge on any atom is 0.259 e. The van der Waals surface area contributed by atoms with Crippen molar-refractivity contribution in [1.29, 1.82) is 0 Å². The van der Waals surface area contributed by atoms with Crippen molar-refractivity contribution in [3.05, 3.63) is 35.6 Å². The van der Waals surface area contributed by atoms with Crippen LogP contribution >= 0.6 is 11.6 Å². The summed E-state index contributed by atoms with van der Waals surface area (Å²) in [7, 11) is 0. The Bertz CT molecular complexity index is 1040. The van der Waals surface area contributed by atoms with Crippen LogP contribution in [0.3, 0.4) is 0 Å². The first-order valence-corrected chi connectivity index (χ1v) is 14.5. The fraction of sp³-hybridized carbons (Fsp3) is 0.690. The molecule has 4 fully saturated rings. The Balaban J connectivity index is 1.45. The van der Waals surface area contributed by atoms with E-state index in [4.69, 9.17) is 11.6 Å². The van der Waals surface area contributed by atoms with Gasteiger partial charge in [0.1, 0.15) is 11.3 Å². The molecule has 7 nitrogen and oxygen atoms in total. The average molecular weight is 531 g/mol. The minimum absolute atomic E-state index is 0.130. The molecule has 0 aromatic carbocycles. The van der Waals surface area contributed by atoms with Gasteiger partial charge in [-0.2, -0.15) is 0 Å². The van der Waals surface area contributed by atoms with Gasteiger partial charge < -0.3 is 20.8 Å². The lowest BCUT2D eigenvalue weighted by atomic mass is 9.62. The first-order chi connectivity index (χ1) is 17.8. The molecule has 3 aliphatic carbocycles. The van der Waals surface area contributed by atoms with E-state index < -0.39 is 17.6 Å². The number of ketones is 1. The third-order valence-electron chi connectivity index (χ3n) is 10.1. The Morgan fingerprint density at radius 1 is 1.08 bits per heavy atom. The summed E-state index contributed by atoms with van der Waals surface area (Å²) >= 11 is 6.41. The summed E-state index contributed by atoms with van der Waals surface area (Å²) in [5.74, 6) is 0.920. The molecule has 202 valence electrons. The molecular formula is C29H39ClN2O5. The van der Waals surface area contributed by atoms with Crippen molar-refractivity contribution in [2.45, 2.75) is 69.9 Å². The third-order valence-corrected chi connectivity index (χ3v) is 10.5. The van der Waals surface area contributed by atoms with Crippen LogP contribution in [0.5, 0.6) is 0 Å². The summed E-state index contributed by atoms with van der Waals surface area (Å²) in [6, 6.07) is -0.674. The zero-order valence-electron chi connectivity index (χ0n) is 21.5. The predicted octanol–water partition coefficient (Wildman–Crippen LogP) is 3.57. The normalized spacial score (nSPS) is 42.3. The second-order valence-electron chi connectivity index (χ2n) is 11.8. The molecule has 2 aliphatic heterocycles. The van der Waals surface area contributed by atoms with Gasteiger partial charge in [-0.25, -0.2) is 0 Å². The van der Waals surface area contributed by atoms with Gasteiger partial charge in [-0.05, 0) is 98.5 Å². The molecule has 1 saturated heterocycles. The summed E-state index contributed by atoms with van der Waals surface area (Å²) in [4.78, 5) is 37.7. The van der Waals surface area contributed by atoms with Crippen LogP contribution in [0, 0.1) is 41.4 Å². The quantitative estimate of drug-likeness (QED) is 0.322. The van der Waals surface area contributed by atoms with Gasteiger partial charge in [-0.1, -0.05) is 25.5 Å². The van der Waals surface area contributed by atoms with E-state index in [1.807, 2.05) is 12.2 Å². The highest BCUT2D eigenvalue weighted by Gasteiger charge is 2.62. The van der Waals surface area contributed by atoms with E-state index in [9.17, 15) is 24.6 Å². The van der Waals surface area contributed by atoms with Gasteiger partial charge in [0.15, 0.2) is 5.78 Å². The van der Waals surface area contributed by atoms with E-state index in [0.29, 0.717) is 37.1 Å². The molecule has 3 saturated carbocycles. The van der Waals surface area contributed by atoms with Crippen molar-refractivity contribution in [1.82, 2.24) is 10.6 Å². The Morgan fingerprint density at radius 2 is 1.89 bits per heavy atom. The molecule has 2 bridgehead atoms. The van der Waals surface area contributed by atoms with Gasteiger partial charge in [0.05, 0.1) is 17.5 Å². The number of carbonyl (C=O) groups is 3.